The standard InChI is InChI=1S/C25H25F8NO5S/c1-21(2,3)39-20(35)34-12-11-22(14-34,40(36,37)17-8-6-16(26)7-9-17)15-5-10-18(19(27)13-15)23(38-4,24(28,29)30)25(31,32)33/h5-10,13H,11-12,14H2,1-4H3/t22-/m0/s1. The van der Waals surface area contributed by atoms with Gasteiger partial charge in [0, 0.05) is 25.8 Å². The van der Waals surface area contributed by atoms with Crippen LogP contribution in [0.1, 0.15) is 38.3 Å². The molecular formula is C25H25F8NO5S. The van der Waals surface area contributed by atoms with Gasteiger partial charge >= 0.3 is 18.4 Å². The zero-order chi connectivity index (χ0) is 30.5. The highest BCUT2D eigenvalue weighted by Crippen LogP contribution is 2.54. The fourth-order valence-electron chi connectivity index (χ4n) is 4.61. The van der Waals surface area contributed by atoms with E-state index in [-0.39, 0.29) is 25.8 Å². The van der Waals surface area contributed by atoms with Gasteiger partial charge in [-0.3, -0.25) is 0 Å². The van der Waals surface area contributed by atoms with Gasteiger partial charge in [-0.05, 0) is 63.1 Å². The first kappa shape index (κ1) is 31.6. The lowest BCUT2D eigenvalue weighted by Gasteiger charge is -2.37. The molecule has 2 aromatic rings. The highest BCUT2D eigenvalue weighted by Gasteiger charge is 2.74. The van der Waals surface area contributed by atoms with Gasteiger partial charge in [0.1, 0.15) is 22.0 Å². The number of methoxy groups -OCH3 is 1. The number of ether oxygens (including phenoxy) is 2. The molecule has 40 heavy (non-hydrogen) atoms. The molecule has 1 aliphatic heterocycles. The average Bonchev–Trinajstić information content (AvgIpc) is 3.26. The van der Waals surface area contributed by atoms with E-state index < -0.39 is 84.9 Å². The summed E-state index contributed by atoms with van der Waals surface area (Å²) < 4.78 is 146. The molecule has 0 aliphatic carbocycles. The molecule has 222 valence electrons. The Hall–Kier alpha value is -2.94. The van der Waals surface area contributed by atoms with Crippen LogP contribution in [0.2, 0.25) is 0 Å². The van der Waals surface area contributed by atoms with Crippen LogP contribution in [-0.2, 0) is 29.7 Å². The first-order chi connectivity index (χ1) is 18.1. The van der Waals surface area contributed by atoms with Crippen LogP contribution < -0.4 is 0 Å². The molecule has 0 aromatic heterocycles. The third kappa shape index (κ3) is 5.24. The van der Waals surface area contributed by atoms with Gasteiger partial charge in [-0.15, -0.1) is 0 Å². The summed E-state index contributed by atoms with van der Waals surface area (Å²) in [5, 5.41) is 0. The number of benzene rings is 2. The Morgan fingerprint density at radius 2 is 1.48 bits per heavy atom. The van der Waals surface area contributed by atoms with Crippen molar-refractivity contribution in [3.8, 4) is 0 Å². The van der Waals surface area contributed by atoms with E-state index in [1.165, 1.54) is 0 Å². The van der Waals surface area contributed by atoms with Crippen LogP contribution in [-0.4, -0.2) is 57.6 Å². The molecule has 0 spiro atoms. The molecule has 1 heterocycles. The minimum atomic E-state index is -6.15. The Labute approximate surface area is 224 Å². The Morgan fingerprint density at radius 1 is 0.925 bits per heavy atom. The molecular weight excluding hydrogens is 578 g/mol. The van der Waals surface area contributed by atoms with Gasteiger partial charge in [-0.25, -0.2) is 22.0 Å². The van der Waals surface area contributed by atoms with Crippen molar-refractivity contribution in [2.45, 2.75) is 60.4 Å². The van der Waals surface area contributed by atoms with E-state index in [1.54, 1.807) is 20.8 Å². The van der Waals surface area contributed by atoms with E-state index >= 15 is 4.39 Å². The lowest BCUT2D eigenvalue weighted by Crippen LogP contribution is -2.56. The molecule has 15 heteroatoms. The van der Waals surface area contributed by atoms with Crippen molar-refractivity contribution in [1.29, 1.82) is 0 Å². The lowest BCUT2D eigenvalue weighted by molar-refractivity contribution is -0.384. The number of hydrogen-bond donors (Lipinski definition) is 0. The van der Waals surface area contributed by atoms with Gasteiger partial charge in [0.15, 0.2) is 9.84 Å². The Morgan fingerprint density at radius 3 is 1.93 bits per heavy atom. The maximum atomic E-state index is 15.3. The van der Waals surface area contributed by atoms with Gasteiger partial charge in [0.2, 0.25) is 0 Å². The number of alkyl halides is 6. The van der Waals surface area contributed by atoms with E-state index in [1.807, 2.05) is 0 Å². The summed E-state index contributed by atoms with van der Waals surface area (Å²) in [6.07, 6.45) is -13.7. The van der Waals surface area contributed by atoms with Crippen molar-refractivity contribution < 1.29 is 57.8 Å². The molecule has 2 aromatic carbocycles. The van der Waals surface area contributed by atoms with E-state index in [9.17, 15) is 43.9 Å². The topological polar surface area (TPSA) is 72.9 Å². The zero-order valence-electron chi connectivity index (χ0n) is 21.6. The molecule has 0 bridgehead atoms. The maximum absolute atomic E-state index is 15.3. The second kappa shape index (κ2) is 10.2. The molecule has 0 N–H and O–H groups in total. The largest absolute Gasteiger partial charge is 0.444 e. The summed E-state index contributed by atoms with van der Waals surface area (Å²) in [7, 11) is -4.55. The minimum Gasteiger partial charge on any atom is -0.444 e. The number of sulfone groups is 1. The first-order valence-corrected chi connectivity index (χ1v) is 13.1. The predicted octanol–water partition coefficient (Wildman–Crippen LogP) is 6.24. The first-order valence-electron chi connectivity index (χ1n) is 11.6. The third-order valence-corrected chi connectivity index (χ3v) is 8.99. The van der Waals surface area contributed by atoms with Crippen LogP contribution in [0.4, 0.5) is 39.9 Å². The highest BCUT2D eigenvalue weighted by atomic mass is 32.2. The second-order valence-corrected chi connectivity index (χ2v) is 12.4. The summed E-state index contributed by atoms with van der Waals surface area (Å²) >= 11 is 0. The van der Waals surface area contributed by atoms with Crippen molar-refractivity contribution in [2.75, 3.05) is 20.2 Å². The fraction of sp³-hybridized carbons (Fsp3) is 0.480. The third-order valence-electron chi connectivity index (χ3n) is 6.50. The van der Waals surface area contributed by atoms with E-state index in [0.717, 1.165) is 29.2 Å². The monoisotopic (exact) mass is 603 g/mol. The lowest BCUT2D eigenvalue weighted by atomic mass is 9.88. The van der Waals surface area contributed by atoms with Crippen molar-refractivity contribution in [3.63, 3.8) is 0 Å². The molecule has 0 radical (unpaired) electrons. The summed E-state index contributed by atoms with van der Waals surface area (Å²) in [6.45, 7) is 3.67. The van der Waals surface area contributed by atoms with E-state index in [2.05, 4.69) is 4.74 Å². The Balaban J connectivity index is 2.24. The Kier molecular flexibility index (Phi) is 8.02. The number of hydrogen-bond acceptors (Lipinski definition) is 5. The quantitative estimate of drug-likeness (QED) is 0.299. The molecule has 1 aliphatic rings. The number of amides is 1. The molecule has 1 fully saturated rings. The van der Waals surface area contributed by atoms with Crippen LogP contribution in [0.25, 0.3) is 0 Å². The van der Waals surface area contributed by atoms with Crippen LogP contribution in [0, 0.1) is 11.6 Å². The van der Waals surface area contributed by atoms with Gasteiger partial charge in [-0.2, -0.15) is 26.3 Å². The van der Waals surface area contributed by atoms with Crippen LogP contribution in [0.15, 0.2) is 47.4 Å². The number of likely N-dealkylation sites (tertiary alicyclic amines) is 1. The summed E-state index contributed by atoms with van der Waals surface area (Å²) in [6, 6.07) is 4.47. The van der Waals surface area contributed by atoms with Crippen LogP contribution in [0.5, 0.6) is 0 Å². The second-order valence-electron chi connectivity index (χ2n) is 10.2. The summed E-state index contributed by atoms with van der Waals surface area (Å²) in [4.78, 5) is 13.2. The highest BCUT2D eigenvalue weighted by molar-refractivity contribution is 7.92. The van der Waals surface area contributed by atoms with Crippen molar-refractivity contribution in [3.05, 3.63) is 65.2 Å². The molecule has 0 saturated carbocycles. The molecule has 1 saturated heterocycles. The van der Waals surface area contributed by atoms with Crippen molar-refractivity contribution >= 4 is 15.9 Å². The van der Waals surface area contributed by atoms with Gasteiger partial charge < -0.3 is 14.4 Å². The van der Waals surface area contributed by atoms with Gasteiger partial charge in [0.05, 0.1) is 4.90 Å². The van der Waals surface area contributed by atoms with E-state index in [0.29, 0.717) is 6.07 Å². The summed E-state index contributed by atoms with van der Waals surface area (Å²) in [5.74, 6) is -2.83. The minimum absolute atomic E-state index is 0.116. The van der Waals surface area contributed by atoms with Crippen LogP contribution in [0.3, 0.4) is 0 Å². The normalized spacial score (nSPS) is 19.1. The van der Waals surface area contributed by atoms with E-state index in [4.69, 9.17) is 4.74 Å². The zero-order valence-corrected chi connectivity index (χ0v) is 22.4. The smallest absolute Gasteiger partial charge is 0.430 e. The number of nitrogens with zero attached hydrogens (tertiary/aromatic N) is 1. The molecule has 3 rings (SSSR count). The van der Waals surface area contributed by atoms with Crippen molar-refractivity contribution in [2.24, 2.45) is 0 Å². The van der Waals surface area contributed by atoms with Crippen molar-refractivity contribution in [1.82, 2.24) is 4.90 Å². The maximum Gasteiger partial charge on any atom is 0.430 e. The SMILES string of the molecule is COC(c1ccc([C@]2(S(=O)(=O)c3ccc(F)cc3)CCN(C(=O)OC(C)(C)C)C2)cc1F)(C(F)(F)F)C(F)(F)F. The fourth-order valence-corrected chi connectivity index (χ4v) is 6.67. The Bertz CT molecular complexity index is 1350. The molecule has 1 amide bonds. The van der Waals surface area contributed by atoms with Gasteiger partial charge in [-0.1, -0.05) is 12.1 Å². The number of carbonyl (C=O) groups is 1. The number of halogens is 8. The number of carbonyl (C=O) groups excluding carboxylic acids is 1. The average molecular weight is 604 g/mol. The molecule has 0 unspecified atom stereocenters. The van der Waals surface area contributed by atoms with Crippen LogP contribution >= 0.6 is 0 Å². The number of rotatable bonds is 5. The molecule has 1 atom stereocenters. The predicted molar refractivity (Wildman–Crippen MR) is 125 cm³/mol. The molecule has 6 nitrogen and oxygen atoms in total. The summed E-state index contributed by atoms with van der Waals surface area (Å²) in [5.41, 5.74) is -8.51. The van der Waals surface area contributed by atoms with Gasteiger partial charge in [0.25, 0.3) is 5.60 Å².